The lowest BCUT2D eigenvalue weighted by Gasteiger charge is -2.28. The molecule has 2 aliphatic rings. The van der Waals surface area contributed by atoms with Crippen LogP contribution in [0.5, 0.6) is 11.5 Å². The number of hydrogen-bond donors (Lipinski definition) is 2. The Morgan fingerprint density at radius 3 is 1.20 bits per heavy atom. The van der Waals surface area contributed by atoms with E-state index in [0.717, 1.165) is 13.5 Å². The van der Waals surface area contributed by atoms with Crippen molar-refractivity contribution in [3.8, 4) is 11.5 Å². The largest absolute Gasteiger partial charge is 0.744 e. The minimum atomic E-state index is -5.77. The predicted octanol–water partition coefficient (Wildman–Crippen LogP) is 7.97. The van der Waals surface area contributed by atoms with Gasteiger partial charge in [-0.05, 0) is 59.9 Å². The molecule has 0 radical (unpaired) electrons. The molecule has 2 aliphatic carbocycles. The fraction of sp³-hybridized carbons (Fsp3) is 0.595. The molecule has 24 heteroatoms. The van der Waals surface area contributed by atoms with Crippen molar-refractivity contribution in [2.75, 3.05) is 6.54 Å². The van der Waals surface area contributed by atoms with Crippen LogP contribution in [-0.2, 0) is 29.8 Å². The molecule has 2 fully saturated rings. The van der Waals surface area contributed by atoms with Gasteiger partial charge in [0.1, 0.15) is 30.0 Å². The molecule has 2 aromatic rings. The van der Waals surface area contributed by atoms with E-state index in [0.29, 0.717) is 31.1 Å². The second kappa shape index (κ2) is 26.3. The van der Waals surface area contributed by atoms with Crippen LogP contribution in [0.25, 0.3) is 0 Å². The molecule has 0 heterocycles. The number of carbonyl (C=O) groups is 2. The van der Waals surface area contributed by atoms with Crippen LogP contribution in [0.1, 0.15) is 113 Å². The van der Waals surface area contributed by atoms with Crippen LogP contribution in [0.2, 0.25) is 0 Å². The number of aliphatic carboxylic acids is 1. The van der Waals surface area contributed by atoms with Crippen LogP contribution in [0, 0.1) is 46.5 Å². The van der Waals surface area contributed by atoms with Crippen molar-refractivity contribution >= 4 is 38.2 Å². The molecule has 2 aromatic carbocycles. The van der Waals surface area contributed by atoms with Crippen LogP contribution in [0.15, 0.2) is 19.8 Å². The molecule has 0 saturated heterocycles. The zero-order valence-electron chi connectivity index (χ0n) is 34.3. The van der Waals surface area contributed by atoms with Gasteiger partial charge >= 0.3 is 5.97 Å². The molecule has 2 N–H and O–H groups in total. The monoisotopic (exact) mass is 927 g/mol. The summed E-state index contributed by atoms with van der Waals surface area (Å²) in [4.78, 5) is 26.2. The number of carboxylic acid groups (broad SMARTS) is 1. The summed E-state index contributed by atoms with van der Waals surface area (Å²) < 4.78 is 169. The highest BCUT2D eigenvalue weighted by atomic mass is 32.2. The number of hydrogen-bond acceptors (Lipinski definition) is 13. The minimum absolute atomic E-state index is 0.533. The fourth-order valence-corrected chi connectivity index (χ4v) is 7.04. The Labute approximate surface area is 349 Å². The first kappa shape index (κ1) is 56.8. The van der Waals surface area contributed by atoms with E-state index in [-0.39, 0.29) is 0 Å². The number of benzene rings is 2. The predicted molar refractivity (Wildman–Crippen MR) is 201 cm³/mol. The van der Waals surface area contributed by atoms with Crippen LogP contribution in [-0.4, -0.2) is 89.7 Å². The molecule has 0 bridgehead atoms. The number of halogens is 8. The van der Waals surface area contributed by atoms with Crippen molar-refractivity contribution in [2.45, 2.75) is 147 Å². The Morgan fingerprint density at radius 2 is 0.967 bits per heavy atom. The molecule has 0 aromatic heterocycles. The van der Waals surface area contributed by atoms with Gasteiger partial charge in [-0.15, -0.1) is 0 Å². The van der Waals surface area contributed by atoms with Gasteiger partial charge in [0.15, 0.2) is 29.0 Å². The Morgan fingerprint density at radius 1 is 0.672 bits per heavy atom. The highest BCUT2D eigenvalue weighted by Crippen LogP contribution is 2.33. The van der Waals surface area contributed by atoms with Crippen molar-refractivity contribution in [3.05, 3.63) is 46.5 Å². The normalized spacial score (nSPS) is 14.5. The Kier molecular flexibility index (Phi) is 24.5. The summed E-state index contributed by atoms with van der Waals surface area (Å²) in [5.41, 5.74) is 0. The number of carboxylic acids is 1. The third kappa shape index (κ3) is 19.2. The van der Waals surface area contributed by atoms with E-state index in [2.05, 4.69) is 60.2 Å². The highest BCUT2D eigenvalue weighted by molar-refractivity contribution is 7.86. The summed E-state index contributed by atoms with van der Waals surface area (Å²) in [5.74, 6) is -25.0. The molecular formula is C37H49F8N3O11S2-2. The number of carbonyl (C=O) groups excluding carboxylic acids is 1. The molecule has 0 unspecified atom stereocenters. The molecule has 4 rings (SSSR count). The lowest BCUT2D eigenvalue weighted by Crippen LogP contribution is -2.36. The first-order chi connectivity index (χ1) is 28.0. The molecule has 0 atom stereocenters. The maximum Gasteiger partial charge on any atom is 0.308 e. The van der Waals surface area contributed by atoms with Gasteiger partial charge in [-0.3, -0.25) is 14.5 Å². The number of phenols is 1. The summed E-state index contributed by atoms with van der Waals surface area (Å²) in [6.45, 7) is 14.1. The second-order valence-corrected chi connectivity index (χ2v) is 16.5. The number of ether oxygens (including phenoxy) is 1. The van der Waals surface area contributed by atoms with Crippen molar-refractivity contribution in [1.82, 2.24) is 4.90 Å². The van der Waals surface area contributed by atoms with E-state index >= 15 is 0 Å². The molecule has 348 valence electrons. The van der Waals surface area contributed by atoms with Crippen molar-refractivity contribution in [2.24, 2.45) is 9.98 Å². The van der Waals surface area contributed by atoms with Gasteiger partial charge in [-0.2, -0.15) is 17.6 Å². The number of esters is 1. The average molecular weight is 928 g/mol. The Hall–Kier alpha value is -4.22. The molecule has 14 nitrogen and oxygen atoms in total. The average Bonchev–Trinajstić information content (AvgIpc) is 3.14. The van der Waals surface area contributed by atoms with Gasteiger partial charge in [0.2, 0.25) is 29.0 Å². The first-order valence-electron chi connectivity index (χ1n) is 18.6. The minimum Gasteiger partial charge on any atom is -0.744 e. The molecule has 2 saturated carbocycles. The molecule has 0 aliphatic heterocycles. The topological polar surface area (TPSA) is 226 Å². The second-order valence-electron chi connectivity index (χ2n) is 13.8. The number of nitrogens with zero attached hydrogens (tertiary/aromatic N) is 3. The lowest BCUT2D eigenvalue weighted by atomic mass is 9.96. The summed E-state index contributed by atoms with van der Waals surface area (Å²) >= 11 is 0. The van der Waals surface area contributed by atoms with Crippen molar-refractivity contribution < 1.29 is 85.6 Å². The van der Waals surface area contributed by atoms with E-state index in [4.69, 9.17) is 15.0 Å². The maximum absolute atomic E-state index is 13.1. The fourth-order valence-electron chi connectivity index (χ4n) is 5.81. The Bertz CT molecular complexity index is 1980. The number of rotatable bonds is 8. The third-order valence-corrected chi connectivity index (χ3v) is 10.2. The standard InChI is InChI=1S/C13H22N2.C8H4F4O5S.C8H19N.C6H2F4O4S.C2H4O2/c1-3-7-12(8-4-1)14-11-15-13-9-5-2-6-10-13;1-2(13)17-7-3(9)5(11)8(18(14,15)16)6(12)4(7)10;1-6-9(7(2)3)8(4)5;7-1-3(9)6(15(12,13)14)4(10)2(8)5(1)11;1-2(3)4/h12-13H,1-10H2;1H3,(H,14,15,16);7-8H,6H2,1-5H3;11H,(H,12,13,14);1H3,(H,3,4)/p-2. The summed E-state index contributed by atoms with van der Waals surface area (Å²) in [6.07, 6.45) is 13.2. The molecule has 61 heavy (non-hydrogen) atoms. The van der Waals surface area contributed by atoms with Gasteiger partial charge in [-0.25, -0.2) is 44.4 Å². The first-order valence-corrected chi connectivity index (χ1v) is 21.4. The van der Waals surface area contributed by atoms with E-state index in [1.165, 1.54) is 64.2 Å². The van der Waals surface area contributed by atoms with Crippen LogP contribution < -0.4 is 4.74 Å². The molecule has 0 spiro atoms. The summed E-state index contributed by atoms with van der Waals surface area (Å²) in [5, 5.41) is 15.8. The van der Waals surface area contributed by atoms with Gasteiger partial charge in [0.25, 0.3) is 5.97 Å². The quantitative estimate of drug-likeness (QED) is 0.0642. The van der Waals surface area contributed by atoms with Crippen molar-refractivity contribution in [3.63, 3.8) is 0 Å². The summed E-state index contributed by atoms with van der Waals surface area (Å²) in [7, 11) is -11.5. The van der Waals surface area contributed by atoms with Gasteiger partial charge in [-0.1, -0.05) is 45.4 Å². The molecule has 0 amide bonds. The van der Waals surface area contributed by atoms with E-state index < -0.39 is 100 Å². The summed E-state index contributed by atoms with van der Waals surface area (Å²) in [6, 6.07) is 5.42. The Balaban J connectivity index is 0.000000779. The van der Waals surface area contributed by atoms with Crippen LogP contribution in [0.3, 0.4) is 0 Å². The lowest BCUT2D eigenvalue weighted by molar-refractivity contribution is -0.134. The number of aromatic hydroxyl groups is 1. The zero-order chi connectivity index (χ0) is 47.6. The van der Waals surface area contributed by atoms with Gasteiger partial charge < -0.3 is 24.1 Å². The van der Waals surface area contributed by atoms with Crippen molar-refractivity contribution in [1.29, 1.82) is 0 Å². The number of aliphatic imine (C=N–C) groups is 2. The van der Waals surface area contributed by atoms with Crippen LogP contribution in [0.4, 0.5) is 35.1 Å². The van der Waals surface area contributed by atoms with Gasteiger partial charge in [0.05, 0.1) is 18.1 Å². The van der Waals surface area contributed by atoms with Crippen LogP contribution >= 0.6 is 0 Å². The number of phenolic OH excluding ortho intramolecular Hbond substituents is 1. The maximum atomic E-state index is 13.1. The SMILES string of the molecule is C(=NC1CCCCC1)=NC1CCCCC1.CC(=O)O.CC(=O)Oc1c(F)c(F)c(S(=O)(=O)[O-])c(F)c1F.CCN(C(C)C)C(C)C.O=S(=O)([O-])c1c(F)c(F)c(O)c(F)c1F. The zero-order valence-corrected chi connectivity index (χ0v) is 36.0. The van der Waals surface area contributed by atoms with E-state index in [1.807, 2.05) is 0 Å². The van der Waals surface area contributed by atoms with Gasteiger partial charge in [0, 0.05) is 25.9 Å². The highest BCUT2D eigenvalue weighted by Gasteiger charge is 2.31. The van der Waals surface area contributed by atoms with E-state index in [9.17, 15) is 65.9 Å². The van der Waals surface area contributed by atoms with E-state index in [1.54, 1.807) is 0 Å². The third-order valence-electron chi connectivity index (χ3n) is 8.45. The smallest absolute Gasteiger partial charge is 0.308 e. The molecular weight excluding hydrogens is 879 g/mol.